The summed E-state index contributed by atoms with van der Waals surface area (Å²) in [7, 11) is 0. The lowest BCUT2D eigenvalue weighted by Crippen LogP contribution is -2.43. The van der Waals surface area contributed by atoms with Crippen LogP contribution in [0.3, 0.4) is 0 Å². The van der Waals surface area contributed by atoms with Gasteiger partial charge in [0.2, 0.25) is 0 Å². The van der Waals surface area contributed by atoms with Crippen molar-refractivity contribution >= 4 is 39.4 Å². The van der Waals surface area contributed by atoms with Gasteiger partial charge in [0.1, 0.15) is 0 Å². The van der Waals surface area contributed by atoms with Crippen molar-refractivity contribution in [2.75, 3.05) is 4.90 Å². The number of rotatable bonds is 6. The molecule has 0 saturated carbocycles. The van der Waals surface area contributed by atoms with E-state index >= 15 is 0 Å². The second kappa shape index (κ2) is 12.1. The van der Waals surface area contributed by atoms with Crippen LogP contribution in [0.2, 0.25) is 0 Å². The first-order valence-electron chi connectivity index (χ1n) is 18.0. The summed E-state index contributed by atoms with van der Waals surface area (Å²) in [6.45, 7) is 2.31. The highest BCUT2D eigenvalue weighted by molar-refractivity contribution is 6.08. The number of hydrogen-bond donors (Lipinski definition) is 0. The molecular formula is C48H36N4. The molecule has 248 valence electrons. The van der Waals surface area contributed by atoms with E-state index in [-0.39, 0.29) is 11.5 Å². The Kier molecular flexibility index (Phi) is 7.03. The van der Waals surface area contributed by atoms with E-state index in [2.05, 4.69) is 190 Å². The Morgan fingerprint density at radius 1 is 0.577 bits per heavy atom. The van der Waals surface area contributed by atoms with Gasteiger partial charge in [-0.05, 0) is 101 Å². The van der Waals surface area contributed by atoms with Crippen LogP contribution in [0.4, 0.5) is 11.4 Å². The first-order chi connectivity index (χ1) is 25.6. The molecule has 0 saturated heterocycles. The third-order valence-corrected chi connectivity index (χ3v) is 11.1. The molecule has 6 aromatic carbocycles. The zero-order chi connectivity index (χ0) is 34.6. The van der Waals surface area contributed by atoms with E-state index in [0.717, 1.165) is 12.1 Å². The van der Waals surface area contributed by atoms with Gasteiger partial charge in [0.05, 0.1) is 16.6 Å². The summed E-state index contributed by atoms with van der Waals surface area (Å²) >= 11 is 0. The second-order valence-electron chi connectivity index (χ2n) is 14.1. The number of fused-ring (bicyclic) bond motifs is 6. The molecule has 0 fully saturated rings. The molecule has 2 aromatic heterocycles. The zero-order valence-corrected chi connectivity index (χ0v) is 28.9. The highest BCUT2D eigenvalue weighted by atomic mass is 15.2. The average Bonchev–Trinajstić information content (AvgIpc) is 3.68. The minimum atomic E-state index is -0.177. The van der Waals surface area contributed by atoms with E-state index in [1.165, 1.54) is 72.1 Å². The molecule has 2 unspecified atom stereocenters. The molecule has 4 heteroatoms. The van der Waals surface area contributed by atoms with E-state index in [4.69, 9.17) is 0 Å². The minimum absolute atomic E-state index is 0.177. The molecule has 4 heterocycles. The molecule has 10 rings (SSSR count). The number of benzene rings is 6. The van der Waals surface area contributed by atoms with Gasteiger partial charge < -0.3 is 9.47 Å². The van der Waals surface area contributed by atoms with Crippen LogP contribution in [-0.4, -0.2) is 21.3 Å². The highest BCUT2D eigenvalue weighted by Gasteiger charge is 2.47. The fourth-order valence-electron chi connectivity index (χ4n) is 8.39. The maximum atomic E-state index is 4.49. The van der Waals surface area contributed by atoms with E-state index in [1.807, 2.05) is 18.6 Å². The number of para-hydroxylation sites is 2. The molecule has 2 atom stereocenters. The Bertz CT molecular complexity index is 2590. The van der Waals surface area contributed by atoms with Crippen molar-refractivity contribution in [3.63, 3.8) is 0 Å². The normalized spacial score (nSPS) is 17.5. The maximum Gasteiger partial charge on any atom is 0.0742 e. The maximum absolute atomic E-state index is 4.49. The predicted molar refractivity (Wildman–Crippen MR) is 216 cm³/mol. The van der Waals surface area contributed by atoms with Crippen molar-refractivity contribution in [3.05, 3.63) is 193 Å². The Morgan fingerprint density at radius 3 is 1.85 bits per heavy atom. The molecule has 0 N–H and O–H groups in total. The number of hydrogen-bond acceptors (Lipinski definition) is 3. The molecule has 0 radical (unpaired) electrons. The molecule has 2 aliphatic rings. The van der Waals surface area contributed by atoms with Crippen LogP contribution in [0.25, 0.3) is 49.7 Å². The quantitative estimate of drug-likeness (QED) is 0.177. The predicted octanol–water partition coefficient (Wildman–Crippen LogP) is 11.7. The van der Waals surface area contributed by atoms with Gasteiger partial charge in [0.25, 0.3) is 0 Å². The van der Waals surface area contributed by atoms with Gasteiger partial charge in [-0.2, -0.15) is 0 Å². The van der Waals surface area contributed by atoms with Crippen LogP contribution in [0, 0.1) is 0 Å². The third kappa shape index (κ3) is 4.90. The van der Waals surface area contributed by atoms with Crippen LogP contribution >= 0.6 is 0 Å². The topological polar surface area (TPSA) is 33.4 Å². The van der Waals surface area contributed by atoms with Crippen LogP contribution in [0.5, 0.6) is 0 Å². The van der Waals surface area contributed by atoms with E-state index in [1.54, 1.807) is 0 Å². The van der Waals surface area contributed by atoms with Gasteiger partial charge in [-0.1, -0.05) is 109 Å². The summed E-state index contributed by atoms with van der Waals surface area (Å²) in [5, 5.41) is 2.39. The molecule has 52 heavy (non-hydrogen) atoms. The molecule has 0 spiro atoms. The number of aliphatic imine (C=N–C) groups is 1. The standard InChI is InChI=1S/C48H36N4/c1-48-27-29-50-32-44(48)42-7-3-5-9-47(42)52(48)40-24-20-38(21-25-40)36-16-12-34(13-17-36)30-33-10-14-35(15-11-33)37-18-22-39(23-19-37)51-45-8-4-2-6-41(45)43-31-49-28-26-46(43)51/h2-29,31-32,44H,30H2,1H3. The van der Waals surface area contributed by atoms with Crippen molar-refractivity contribution in [3.8, 4) is 27.9 Å². The lowest BCUT2D eigenvalue weighted by Gasteiger charge is -2.38. The molecule has 0 aliphatic carbocycles. The van der Waals surface area contributed by atoms with Crippen LogP contribution in [0.1, 0.15) is 29.5 Å². The summed E-state index contributed by atoms with van der Waals surface area (Å²) in [6.07, 6.45) is 11.0. The van der Waals surface area contributed by atoms with Gasteiger partial charge in [0.15, 0.2) is 0 Å². The van der Waals surface area contributed by atoms with Crippen molar-refractivity contribution < 1.29 is 0 Å². The van der Waals surface area contributed by atoms with Gasteiger partial charge in [-0.25, -0.2) is 0 Å². The lowest BCUT2D eigenvalue weighted by molar-refractivity contribution is 0.565. The SMILES string of the molecule is CC12C=CN=CC1c1ccccc1N2c1ccc(-c2ccc(Cc3ccc(-c4ccc(-n5c6ccccc6c6cnccc65)cc4)cc3)cc2)cc1. The fraction of sp³-hybridized carbons (Fsp3) is 0.0833. The summed E-state index contributed by atoms with van der Waals surface area (Å²) in [5.41, 5.74) is 14.6. The Morgan fingerprint density at radius 2 is 1.15 bits per heavy atom. The zero-order valence-electron chi connectivity index (χ0n) is 28.9. The first-order valence-corrected chi connectivity index (χ1v) is 18.0. The Labute approximate surface area is 303 Å². The van der Waals surface area contributed by atoms with Gasteiger partial charge in [-0.3, -0.25) is 9.98 Å². The van der Waals surface area contributed by atoms with Crippen molar-refractivity contribution in [1.82, 2.24) is 9.55 Å². The monoisotopic (exact) mass is 668 g/mol. The van der Waals surface area contributed by atoms with E-state index in [0.29, 0.717) is 0 Å². The van der Waals surface area contributed by atoms with Crippen molar-refractivity contribution in [2.24, 2.45) is 4.99 Å². The summed E-state index contributed by atoms with van der Waals surface area (Å²) < 4.78 is 2.33. The van der Waals surface area contributed by atoms with Crippen LogP contribution in [-0.2, 0) is 6.42 Å². The van der Waals surface area contributed by atoms with Crippen LogP contribution in [0.15, 0.2) is 181 Å². The first kappa shape index (κ1) is 30.3. The second-order valence-corrected chi connectivity index (χ2v) is 14.1. The molecule has 0 bridgehead atoms. The van der Waals surface area contributed by atoms with E-state index in [9.17, 15) is 0 Å². The number of pyridine rings is 1. The number of anilines is 2. The molecule has 2 aliphatic heterocycles. The Hall–Kier alpha value is -6.52. The fourth-order valence-corrected chi connectivity index (χ4v) is 8.39. The molecular weight excluding hydrogens is 633 g/mol. The van der Waals surface area contributed by atoms with Gasteiger partial charge >= 0.3 is 0 Å². The lowest BCUT2D eigenvalue weighted by atomic mass is 9.83. The van der Waals surface area contributed by atoms with Crippen molar-refractivity contribution in [2.45, 2.75) is 24.8 Å². The third-order valence-electron chi connectivity index (χ3n) is 11.1. The molecule has 8 aromatic rings. The average molecular weight is 669 g/mol. The summed E-state index contributed by atoms with van der Waals surface area (Å²) in [4.78, 5) is 11.3. The van der Waals surface area contributed by atoms with Crippen molar-refractivity contribution in [1.29, 1.82) is 0 Å². The summed E-state index contributed by atoms with van der Waals surface area (Å²) in [5.74, 6) is 0.236. The van der Waals surface area contributed by atoms with E-state index < -0.39 is 0 Å². The highest BCUT2D eigenvalue weighted by Crippen LogP contribution is 2.52. The molecule has 4 nitrogen and oxygen atoms in total. The number of aromatic nitrogens is 2. The minimum Gasteiger partial charge on any atom is -0.331 e. The Balaban J connectivity index is 0.839. The largest absolute Gasteiger partial charge is 0.331 e. The number of nitrogens with zero attached hydrogens (tertiary/aromatic N) is 4. The van der Waals surface area contributed by atoms with Gasteiger partial charge in [0, 0.05) is 58.6 Å². The smallest absolute Gasteiger partial charge is 0.0742 e. The van der Waals surface area contributed by atoms with Gasteiger partial charge in [-0.15, -0.1) is 0 Å². The molecule has 0 amide bonds. The summed E-state index contributed by atoms with van der Waals surface area (Å²) in [6, 6.07) is 55.2. The van der Waals surface area contributed by atoms with Crippen LogP contribution < -0.4 is 4.90 Å².